The van der Waals surface area contributed by atoms with Crippen molar-refractivity contribution in [3.8, 4) is 17.2 Å². The summed E-state index contributed by atoms with van der Waals surface area (Å²) in [5.74, 6) is 1.65. The molecule has 0 bridgehead atoms. The number of unbranched alkanes of at least 4 members (excludes halogenated alkanes) is 1. The molecule has 0 amide bonds. The zero-order chi connectivity index (χ0) is 17.5. The minimum atomic E-state index is 0.713. The van der Waals surface area contributed by atoms with Crippen LogP contribution < -0.4 is 0 Å². The van der Waals surface area contributed by atoms with Crippen LogP contribution in [-0.4, -0.2) is 0 Å². The van der Waals surface area contributed by atoms with Crippen LogP contribution in [0.5, 0.6) is 0 Å². The molecule has 1 nitrogen and oxygen atoms in total. The van der Waals surface area contributed by atoms with Gasteiger partial charge in [0.2, 0.25) is 0 Å². The second-order valence-corrected chi connectivity index (χ2v) is 7.25. The molecule has 1 saturated carbocycles. The van der Waals surface area contributed by atoms with Gasteiger partial charge >= 0.3 is 0 Å². The van der Waals surface area contributed by atoms with Crippen LogP contribution in [0.1, 0.15) is 62.0 Å². The molecular weight excluding hydrogens is 302 g/mol. The van der Waals surface area contributed by atoms with Crippen LogP contribution in [0.2, 0.25) is 0 Å². The Balaban J connectivity index is 1.57. The van der Waals surface area contributed by atoms with E-state index in [1.807, 2.05) is 30.3 Å². The Labute approximate surface area is 152 Å². The molecule has 3 rings (SSSR count). The summed E-state index contributed by atoms with van der Waals surface area (Å²) in [6.45, 7) is 3.82. The van der Waals surface area contributed by atoms with E-state index >= 15 is 0 Å². The monoisotopic (exact) mass is 329 g/mol. The Morgan fingerprint density at radius 1 is 0.920 bits per heavy atom. The van der Waals surface area contributed by atoms with Crippen molar-refractivity contribution in [1.82, 2.24) is 0 Å². The molecule has 1 aliphatic carbocycles. The molecule has 0 unspecified atom stereocenters. The summed E-state index contributed by atoms with van der Waals surface area (Å²) in [6.07, 6.45) is 11.3. The Kier molecular flexibility index (Phi) is 6.07. The first-order chi connectivity index (χ1) is 12.3. The molecule has 1 fully saturated rings. The lowest BCUT2D eigenvalue weighted by Gasteiger charge is -2.29. The summed E-state index contributed by atoms with van der Waals surface area (Å²) in [5, 5.41) is 8.90. The molecule has 0 N–H and O–H groups in total. The minimum absolute atomic E-state index is 0.713. The molecule has 1 heteroatoms. The first kappa shape index (κ1) is 17.5. The highest BCUT2D eigenvalue weighted by atomic mass is 14.3. The van der Waals surface area contributed by atoms with Crippen molar-refractivity contribution in [3.63, 3.8) is 0 Å². The van der Waals surface area contributed by atoms with E-state index in [0.717, 1.165) is 18.3 Å². The van der Waals surface area contributed by atoms with Gasteiger partial charge in [0.1, 0.15) is 0 Å². The lowest BCUT2D eigenvalue weighted by atomic mass is 9.77. The van der Waals surface area contributed by atoms with Gasteiger partial charge in [-0.15, -0.1) is 6.58 Å². The molecule has 1 aliphatic rings. The second-order valence-electron chi connectivity index (χ2n) is 7.25. The average molecular weight is 329 g/mol. The SMILES string of the molecule is C=CCCCC1CCC(c2ccc(-c3ccc(C#N)cc3)cc2)CC1. The number of nitriles is 1. The summed E-state index contributed by atoms with van der Waals surface area (Å²) in [4.78, 5) is 0. The molecular formula is C24H27N. The van der Waals surface area contributed by atoms with Crippen LogP contribution in [0.3, 0.4) is 0 Å². The summed E-state index contributed by atoms with van der Waals surface area (Å²) in [5.41, 5.74) is 4.61. The zero-order valence-electron chi connectivity index (χ0n) is 15.0. The summed E-state index contributed by atoms with van der Waals surface area (Å²) in [7, 11) is 0. The molecule has 2 aromatic rings. The lowest BCUT2D eigenvalue weighted by molar-refractivity contribution is 0.306. The van der Waals surface area contributed by atoms with E-state index in [-0.39, 0.29) is 0 Å². The van der Waals surface area contributed by atoms with E-state index in [0.29, 0.717) is 5.56 Å². The van der Waals surface area contributed by atoms with E-state index in [1.54, 1.807) is 0 Å². The van der Waals surface area contributed by atoms with Gasteiger partial charge in [0.25, 0.3) is 0 Å². The standard InChI is InChI=1S/C24H27N/c1-2-3-4-5-19-6-10-21(11-7-19)23-14-16-24(17-15-23)22-12-8-20(18-25)9-13-22/h2,8-9,12-17,19,21H,1,3-7,10-11H2. The number of rotatable bonds is 6. The minimum Gasteiger partial charge on any atom is -0.192 e. The van der Waals surface area contributed by atoms with Gasteiger partial charge in [0.15, 0.2) is 0 Å². The summed E-state index contributed by atoms with van der Waals surface area (Å²) < 4.78 is 0. The highest BCUT2D eigenvalue weighted by Gasteiger charge is 2.21. The first-order valence-electron chi connectivity index (χ1n) is 9.51. The highest BCUT2D eigenvalue weighted by Crippen LogP contribution is 2.38. The molecule has 0 atom stereocenters. The fourth-order valence-electron chi connectivity index (χ4n) is 4.02. The van der Waals surface area contributed by atoms with Crippen molar-refractivity contribution in [2.45, 2.75) is 50.9 Å². The van der Waals surface area contributed by atoms with Crippen molar-refractivity contribution in [3.05, 3.63) is 72.3 Å². The molecule has 2 aromatic carbocycles. The maximum absolute atomic E-state index is 8.90. The predicted octanol–water partition coefficient (Wildman–Crippen LogP) is 6.86. The van der Waals surface area contributed by atoms with Crippen LogP contribution in [0.25, 0.3) is 11.1 Å². The van der Waals surface area contributed by atoms with E-state index in [4.69, 9.17) is 5.26 Å². The number of allylic oxidation sites excluding steroid dienone is 1. The van der Waals surface area contributed by atoms with Gasteiger partial charge in [-0.25, -0.2) is 0 Å². The lowest BCUT2D eigenvalue weighted by Crippen LogP contribution is -2.13. The maximum atomic E-state index is 8.90. The predicted molar refractivity (Wildman–Crippen MR) is 105 cm³/mol. The first-order valence-corrected chi connectivity index (χ1v) is 9.51. The Morgan fingerprint density at radius 3 is 2.08 bits per heavy atom. The Morgan fingerprint density at radius 2 is 1.52 bits per heavy atom. The van der Waals surface area contributed by atoms with Crippen LogP contribution >= 0.6 is 0 Å². The van der Waals surface area contributed by atoms with Gasteiger partial charge in [-0.3, -0.25) is 0 Å². The van der Waals surface area contributed by atoms with Crippen molar-refractivity contribution in [2.75, 3.05) is 0 Å². The normalized spacial score (nSPS) is 20.0. The van der Waals surface area contributed by atoms with Gasteiger partial charge in [-0.1, -0.05) is 48.9 Å². The van der Waals surface area contributed by atoms with Crippen LogP contribution in [0, 0.1) is 17.2 Å². The topological polar surface area (TPSA) is 23.8 Å². The molecule has 0 aromatic heterocycles. The Bertz CT molecular complexity index is 710. The van der Waals surface area contributed by atoms with E-state index < -0.39 is 0 Å². The highest BCUT2D eigenvalue weighted by molar-refractivity contribution is 5.64. The molecule has 0 radical (unpaired) electrons. The van der Waals surface area contributed by atoms with Crippen molar-refractivity contribution >= 4 is 0 Å². The quantitative estimate of drug-likeness (QED) is 0.419. The molecule has 25 heavy (non-hydrogen) atoms. The number of nitrogens with zero attached hydrogens (tertiary/aromatic N) is 1. The number of benzene rings is 2. The van der Waals surface area contributed by atoms with Crippen LogP contribution in [-0.2, 0) is 0 Å². The van der Waals surface area contributed by atoms with Crippen molar-refractivity contribution in [1.29, 1.82) is 5.26 Å². The Hall–Kier alpha value is -2.33. The third-order valence-corrected chi connectivity index (χ3v) is 5.60. The van der Waals surface area contributed by atoms with Gasteiger partial charge in [-0.05, 0) is 79.2 Å². The van der Waals surface area contributed by atoms with Crippen LogP contribution in [0.15, 0.2) is 61.2 Å². The van der Waals surface area contributed by atoms with E-state index in [2.05, 4.69) is 36.9 Å². The maximum Gasteiger partial charge on any atom is 0.0991 e. The number of hydrogen-bond acceptors (Lipinski definition) is 1. The number of hydrogen-bond donors (Lipinski definition) is 0. The summed E-state index contributed by atoms with van der Waals surface area (Å²) in [6, 6.07) is 19.1. The molecule has 0 heterocycles. The fraction of sp³-hybridized carbons (Fsp3) is 0.375. The largest absolute Gasteiger partial charge is 0.192 e. The van der Waals surface area contributed by atoms with Gasteiger partial charge in [-0.2, -0.15) is 5.26 Å². The molecule has 0 saturated heterocycles. The van der Waals surface area contributed by atoms with Gasteiger partial charge in [0, 0.05) is 0 Å². The van der Waals surface area contributed by atoms with Gasteiger partial charge < -0.3 is 0 Å². The molecule has 0 aliphatic heterocycles. The zero-order valence-corrected chi connectivity index (χ0v) is 15.0. The van der Waals surface area contributed by atoms with Gasteiger partial charge in [0.05, 0.1) is 11.6 Å². The molecule has 128 valence electrons. The molecule has 0 spiro atoms. The summed E-state index contributed by atoms with van der Waals surface area (Å²) >= 11 is 0. The van der Waals surface area contributed by atoms with Crippen LogP contribution in [0.4, 0.5) is 0 Å². The van der Waals surface area contributed by atoms with Crippen molar-refractivity contribution < 1.29 is 0 Å². The van der Waals surface area contributed by atoms with Crippen molar-refractivity contribution in [2.24, 2.45) is 5.92 Å². The van der Waals surface area contributed by atoms with E-state index in [1.165, 1.54) is 55.2 Å². The fourth-order valence-corrected chi connectivity index (χ4v) is 4.02. The third kappa shape index (κ3) is 4.60. The van der Waals surface area contributed by atoms with E-state index in [9.17, 15) is 0 Å². The second kappa shape index (κ2) is 8.67. The third-order valence-electron chi connectivity index (χ3n) is 5.60. The smallest absolute Gasteiger partial charge is 0.0991 e. The average Bonchev–Trinajstić information content (AvgIpc) is 2.69.